The molecule has 0 radical (unpaired) electrons. The molecular weight excluding hydrogens is 315 g/mol. The smallest absolute Gasteiger partial charge is 0.413 e. The van der Waals surface area contributed by atoms with Crippen LogP contribution in [0.3, 0.4) is 0 Å². The van der Waals surface area contributed by atoms with E-state index in [1.54, 1.807) is 0 Å². The van der Waals surface area contributed by atoms with Crippen molar-refractivity contribution in [2.45, 2.75) is 18.0 Å². The quantitative estimate of drug-likeness (QED) is 0.806. The molecule has 120 valence electrons. The summed E-state index contributed by atoms with van der Waals surface area (Å²) < 4.78 is 69.6. The molecule has 1 N–H and O–H groups in total. The predicted octanol–water partition coefficient (Wildman–Crippen LogP) is 1.78. The summed E-state index contributed by atoms with van der Waals surface area (Å²) in [5.74, 6) is 0.421. The minimum atomic E-state index is -4.64. The van der Waals surface area contributed by atoms with Crippen molar-refractivity contribution in [2.24, 2.45) is 0 Å². The Bertz CT molecular complexity index is 601. The zero-order valence-corrected chi connectivity index (χ0v) is 12.3. The van der Waals surface area contributed by atoms with Crippen molar-refractivity contribution in [3.63, 3.8) is 0 Å². The zero-order chi connectivity index (χ0) is 16.3. The lowest BCUT2D eigenvalue weighted by molar-refractivity contribution is -0.181. The Morgan fingerprint density at radius 2 is 1.67 bits per heavy atom. The topological polar surface area (TPSA) is 73.9 Å². The Morgan fingerprint density at radius 3 is 2.14 bits per heavy atom. The molecule has 0 bridgehead atoms. The van der Waals surface area contributed by atoms with Gasteiger partial charge in [-0.15, -0.1) is 0 Å². The average molecular weight is 329 g/mol. The molecule has 21 heavy (non-hydrogen) atoms. The van der Waals surface area contributed by atoms with Crippen LogP contribution in [0.4, 0.5) is 13.2 Å². The van der Waals surface area contributed by atoms with Gasteiger partial charge in [-0.25, -0.2) is 8.42 Å². The second kappa shape index (κ2) is 6.50. The Morgan fingerprint density at radius 1 is 1.14 bits per heavy atom. The first-order chi connectivity index (χ1) is 9.60. The van der Waals surface area contributed by atoms with E-state index in [-0.39, 0.29) is 16.2 Å². The van der Waals surface area contributed by atoms with E-state index in [0.29, 0.717) is 5.75 Å². The SMILES string of the molecule is COc1cc(C)c(S(=O)(=O)NOCC(F)(F)F)cc1OC. The second-order valence-electron chi connectivity index (χ2n) is 3.96. The van der Waals surface area contributed by atoms with E-state index in [4.69, 9.17) is 9.47 Å². The maximum Gasteiger partial charge on any atom is 0.413 e. The number of aryl methyl sites for hydroxylation is 1. The summed E-state index contributed by atoms with van der Waals surface area (Å²) in [7, 11) is -1.60. The second-order valence-corrected chi connectivity index (χ2v) is 5.58. The Hall–Kier alpha value is -1.52. The van der Waals surface area contributed by atoms with Gasteiger partial charge in [0.2, 0.25) is 0 Å². The van der Waals surface area contributed by atoms with Gasteiger partial charge in [0, 0.05) is 6.07 Å². The highest BCUT2D eigenvalue weighted by molar-refractivity contribution is 7.89. The molecule has 0 saturated heterocycles. The summed E-state index contributed by atoms with van der Waals surface area (Å²) in [6.45, 7) is -0.279. The van der Waals surface area contributed by atoms with Gasteiger partial charge in [-0.2, -0.15) is 13.2 Å². The van der Waals surface area contributed by atoms with Gasteiger partial charge in [-0.05, 0) is 18.6 Å². The normalized spacial score (nSPS) is 12.3. The van der Waals surface area contributed by atoms with Crippen LogP contribution in [0.1, 0.15) is 5.56 Å². The summed E-state index contributed by atoms with van der Waals surface area (Å²) in [5.41, 5.74) is 0.260. The fourth-order valence-electron chi connectivity index (χ4n) is 1.49. The molecule has 0 aliphatic carbocycles. The molecule has 0 unspecified atom stereocenters. The van der Waals surface area contributed by atoms with Gasteiger partial charge in [0.25, 0.3) is 10.0 Å². The third-order valence-electron chi connectivity index (χ3n) is 2.38. The van der Waals surface area contributed by atoms with Gasteiger partial charge in [-0.3, -0.25) is 4.84 Å². The molecule has 1 aromatic rings. The van der Waals surface area contributed by atoms with Gasteiger partial charge in [-0.1, -0.05) is 4.89 Å². The van der Waals surface area contributed by atoms with Crippen molar-refractivity contribution in [3.05, 3.63) is 17.7 Å². The zero-order valence-electron chi connectivity index (χ0n) is 11.4. The molecular formula is C11H14F3NO5S. The molecule has 0 fully saturated rings. The highest BCUT2D eigenvalue weighted by atomic mass is 32.2. The summed E-state index contributed by atoms with van der Waals surface area (Å²) in [6, 6.07) is 2.52. The molecule has 1 aromatic carbocycles. The van der Waals surface area contributed by atoms with E-state index in [9.17, 15) is 21.6 Å². The van der Waals surface area contributed by atoms with Gasteiger partial charge < -0.3 is 9.47 Å². The van der Waals surface area contributed by atoms with Crippen LogP contribution in [-0.4, -0.2) is 35.4 Å². The Labute approximate surface area is 119 Å². The van der Waals surface area contributed by atoms with Crippen LogP contribution in [0.5, 0.6) is 11.5 Å². The molecule has 0 aliphatic rings. The largest absolute Gasteiger partial charge is 0.493 e. The summed E-state index contributed by atoms with van der Waals surface area (Å²) >= 11 is 0. The lowest BCUT2D eigenvalue weighted by Crippen LogP contribution is -2.30. The van der Waals surface area contributed by atoms with Crippen LogP contribution < -0.4 is 14.4 Å². The van der Waals surface area contributed by atoms with E-state index in [1.165, 1.54) is 32.1 Å². The van der Waals surface area contributed by atoms with Gasteiger partial charge in [0.05, 0.1) is 19.1 Å². The van der Waals surface area contributed by atoms with Crippen LogP contribution in [0, 0.1) is 6.92 Å². The number of benzene rings is 1. The molecule has 0 heterocycles. The molecule has 0 spiro atoms. The first kappa shape index (κ1) is 17.5. The Balaban J connectivity index is 3.03. The maximum absolute atomic E-state index is 11.9. The standard InChI is InChI=1S/C11H14F3NO5S/c1-7-4-8(18-2)9(19-3)5-10(7)21(16,17)15-20-6-11(12,13)14/h4-5,15H,6H2,1-3H3. The first-order valence-electron chi connectivity index (χ1n) is 5.53. The highest BCUT2D eigenvalue weighted by Crippen LogP contribution is 2.32. The first-order valence-corrected chi connectivity index (χ1v) is 7.02. The molecule has 0 aromatic heterocycles. The van der Waals surface area contributed by atoms with Crippen LogP contribution in [0.2, 0.25) is 0 Å². The minimum Gasteiger partial charge on any atom is -0.493 e. The van der Waals surface area contributed by atoms with E-state index in [0.717, 1.165) is 6.07 Å². The number of halogens is 3. The van der Waals surface area contributed by atoms with Crippen molar-refractivity contribution in [2.75, 3.05) is 20.8 Å². The number of hydrogen-bond donors (Lipinski definition) is 1. The number of alkyl halides is 3. The molecule has 1 rings (SSSR count). The fraction of sp³-hybridized carbons (Fsp3) is 0.455. The predicted molar refractivity (Wildman–Crippen MR) is 66.6 cm³/mol. The van der Waals surface area contributed by atoms with Crippen molar-refractivity contribution < 1.29 is 35.9 Å². The molecule has 0 atom stereocenters. The third kappa shape index (κ3) is 4.76. The lowest BCUT2D eigenvalue weighted by atomic mass is 10.2. The van der Waals surface area contributed by atoms with Crippen molar-refractivity contribution in [1.29, 1.82) is 0 Å². The van der Waals surface area contributed by atoms with Crippen LogP contribution in [0.15, 0.2) is 17.0 Å². The number of rotatable bonds is 6. The Kier molecular flexibility index (Phi) is 5.42. The number of sulfonamides is 1. The highest BCUT2D eigenvalue weighted by Gasteiger charge is 2.29. The van der Waals surface area contributed by atoms with E-state index in [1.807, 2.05) is 0 Å². The molecule has 0 amide bonds. The summed E-state index contributed by atoms with van der Waals surface area (Å²) in [5, 5.41) is 0. The number of hydrogen-bond acceptors (Lipinski definition) is 5. The minimum absolute atomic E-state index is 0.124. The monoisotopic (exact) mass is 329 g/mol. The van der Waals surface area contributed by atoms with Gasteiger partial charge >= 0.3 is 6.18 Å². The van der Waals surface area contributed by atoms with Crippen LogP contribution in [0.25, 0.3) is 0 Å². The lowest BCUT2D eigenvalue weighted by Gasteiger charge is -2.14. The summed E-state index contributed by atoms with van der Waals surface area (Å²) in [6.07, 6.45) is -4.64. The number of nitrogens with one attached hydrogen (secondary N) is 1. The molecule has 6 nitrogen and oxygen atoms in total. The van der Waals surface area contributed by atoms with E-state index >= 15 is 0 Å². The van der Waals surface area contributed by atoms with Crippen molar-refractivity contribution >= 4 is 10.0 Å². The number of methoxy groups -OCH3 is 2. The van der Waals surface area contributed by atoms with Crippen molar-refractivity contribution in [1.82, 2.24) is 4.89 Å². The van der Waals surface area contributed by atoms with Gasteiger partial charge in [0.15, 0.2) is 18.1 Å². The van der Waals surface area contributed by atoms with E-state index < -0.39 is 22.8 Å². The third-order valence-corrected chi connectivity index (χ3v) is 3.73. The van der Waals surface area contributed by atoms with Crippen LogP contribution >= 0.6 is 0 Å². The van der Waals surface area contributed by atoms with Crippen LogP contribution in [-0.2, 0) is 14.9 Å². The average Bonchev–Trinajstić information content (AvgIpc) is 2.36. The van der Waals surface area contributed by atoms with Crippen molar-refractivity contribution in [3.8, 4) is 11.5 Å². The molecule has 0 aliphatic heterocycles. The maximum atomic E-state index is 11.9. The fourth-order valence-corrected chi connectivity index (χ4v) is 2.53. The van der Waals surface area contributed by atoms with Gasteiger partial charge in [0.1, 0.15) is 0 Å². The summed E-state index contributed by atoms with van der Waals surface area (Å²) in [4.78, 5) is 5.11. The number of ether oxygens (including phenoxy) is 2. The molecule has 10 heteroatoms. The van der Waals surface area contributed by atoms with E-state index in [2.05, 4.69) is 4.84 Å². The molecule has 0 saturated carbocycles.